The zero-order chi connectivity index (χ0) is 25.7. The lowest BCUT2D eigenvalue weighted by atomic mass is 9.96. The Morgan fingerprint density at radius 2 is 1.83 bits per heavy atom. The number of aliphatic hydroxyl groups excluding tert-OH is 1. The number of fused-ring (bicyclic) bond motifs is 1. The van der Waals surface area contributed by atoms with Crippen LogP contribution in [-0.4, -0.2) is 57.9 Å². The van der Waals surface area contributed by atoms with Crippen molar-refractivity contribution in [1.29, 1.82) is 0 Å². The third kappa shape index (κ3) is 4.99. The number of unbranched alkanes of at least 4 members (excludes halogenated alkanes) is 2. The zero-order valence-corrected chi connectivity index (χ0v) is 21.1. The van der Waals surface area contributed by atoms with E-state index in [1.807, 2.05) is 42.5 Å². The molecule has 1 unspecified atom stereocenters. The first-order valence-electron chi connectivity index (χ1n) is 12.4. The van der Waals surface area contributed by atoms with Gasteiger partial charge in [-0.2, -0.15) is 0 Å². The second kappa shape index (κ2) is 11.4. The van der Waals surface area contributed by atoms with Crippen molar-refractivity contribution in [1.82, 2.24) is 14.3 Å². The lowest BCUT2D eigenvalue weighted by molar-refractivity contribution is -0.140. The number of benzene rings is 1. The van der Waals surface area contributed by atoms with Gasteiger partial charge in [0.15, 0.2) is 5.76 Å². The molecule has 1 aliphatic rings. The van der Waals surface area contributed by atoms with Gasteiger partial charge in [0.2, 0.25) is 0 Å². The number of carbonyl (C=O) groups excluding carboxylic acids is 2. The Kier molecular flexibility index (Phi) is 8.05. The van der Waals surface area contributed by atoms with Crippen molar-refractivity contribution < 1.29 is 24.2 Å². The molecule has 0 spiro atoms. The summed E-state index contributed by atoms with van der Waals surface area (Å²) in [5, 5.41) is 11.5. The van der Waals surface area contributed by atoms with Crippen LogP contribution in [0, 0.1) is 6.92 Å². The van der Waals surface area contributed by atoms with E-state index in [9.17, 15) is 14.7 Å². The van der Waals surface area contributed by atoms with E-state index in [2.05, 4.69) is 11.9 Å². The number of carbonyl (C=O) groups is 2. The van der Waals surface area contributed by atoms with Gasteiger partial charge in [-0.3, -0.25) is 14.0 Å². The fourth-order valence-electron chi connectivity index (χ4n) is 4.65. The molecule has 0 bridgehead atoms. The number of hydrogen-bond acceptors (Lipinski definition) is 6. The van der Waals surface area contributed by atoms with Crippen molar-refractivity contribution in [2.24, 2.45) is 0 Å². The first-order chi connectivity index (χ1) is 17.5. The maximum Gasteiger partial charge on any atom is 0.295 e. The number of imidazole rings is 1. The number of rotatable bonds is 11. The van der Waals surface area contributed by atoms with Crippen molar-refractivity contribution in [2.45, 2.75) is 45.6 Å². The second-order valence-electron chi connectivity index (χ2n) is 8.94. The van der Waals surface area contributed by atoms with Gasteiger partial charge in [-0.1, -0.05) is 38.0 Å². The van der Waals surface area contributed by atoms with E-state index in [1.165, 1.54) is 4.90 Å². The van der Waals surface area contributed by atoms with Gasteiger partial charge in [0, 0.05) is 26.5 Å². The Labute approximate surface area is 211 Å². The molecule has 190 valence electrons. The summed E-state index contributed by atoms with van der Waals surface area (Å²) in [6.45, 7) is 5.33. The number of pyridine rings is 1. The monoisotopic (exact) mass is 491 g/mol. The largest absolute Gasteiger partial charge is 0.505 e. The molecule has 1 N–H and O–H groups in total. The fraction of sp³-hybridized carbons (Fsp3) is 0.393. The number of ketones is 1. The van der Waals surface area contributed by atoms with Crippen LogP contribution < -0.4 is 4.74 Å². The van der Waals surface area contributed by atoms with E-state index < -0.39 is 17.7 Å². The average molecular weight is 492 g/mol. The number of aliphatic hydroxyl groups is 1. The molecule has 1 atom stereocenters. The van der Waals surface area contributed by atoms with Gasteiger partial charge >= 0.3 is 0 Å². The highest BCUT2D eigenvalue weighted by atomic mass is 16.5. The average Bonchev–Trinajstić information content (AvgIpc) is 3.35. The highest BCUT2D eigenvalue weighted by Crippen LogP contribution is 2.40. The van der Waals surface area contributed by atoms with Crippen molar-refractivity contribution >= 4 is 23.1 Å². The number of amides is 1. The molecule has 0 radical (unpaired) electrons. The van der Waals surface area contributed by atoms with Crippen molar-refractivity contribution in [2.75, 3.05) is 26.9 Å². The molecule has 1 saturated heterocycles. The van der Waals surface area contributed by atoms with E-state index >= 15 is 0 Å². The van der Waals surface area contributed by atoms with E-state index in [0.29, 0.717) is 43.2 Å². The summed E-state index contributed by atoms with van der Waals surface area (Å²) >= 11 is 0. The van der Waals surface area contributed by atoms with Crippen LogP contribution in [0.1, 0.15) is 55.6 Å². The summed E-state index contributed by atoms with van der Waals surface area (Å²) in [6, 6.07) is 12.2. The lowest BCUT2D eigenvalue weighted by Crippen LogP contribution is -2.31. The minimum absolute atomic E-state index is 0.0581. The van der Waals surface area contributed by atoms with Crippen molar-refractivity contribution in [3.63, 3.8) is 0 Å². The Balaban J connectivity index is 1.76. The van der Waals surface area contributed by atoms with Gasteiger partial charge in [-0.15, -0.1) is 0 Å². The Hall–Kier alpha value is -3.65. The van der Waals surface area contributed by atoms with Crippen molar-refractivity contribution in [3.8, 4) is 5.75 Å². The molecule has 1 aliphatic heterocycles. The number of methoxy groups -OCH3 is 1. The number of likely N-dealkylation sites (tertiary alicyclic amines) is 1. The predicted octanol–water partition coefficient (Wildman–Crippen LogP) is 4.67. The number of aromatic nitrogens is 2. The third-order valence-electron chi connectivity index (χ3n) is 6.43. The van der Waals surface area contributed by atoms with Gasteiger partial charge < -0.3 is 19.5 Å². The van der Waals surface area contributed by atoms with Crippen LogP contribution in [0.25, 0.3) is 11.4 Å². The summed E-state index contributed by atoms with van der Waals surface area (Å²) < 4.78 is 12.7. The summed E-state index contributed by atoms with van der Waals surface area (Å²) in [4.78, 5) is 32.4. The molecular formula is C28H33N3O5. The van der Waals surface area contributed by atoms with Gasteiger partial charge in [0.1, 0.15) is 17.1 Å². The predicted molar refractivity (Wildman–Crippen MR) is 137 cm³/mol. The Morgan fingerprint density at radius 1 is 1.06 bits per heavy atom. The van der Waals surface area contributed by atoms with Crippen LogP contribution in [0.5, 0.6) is 5.75 Å². The van der Waals surface area contributed by atoms with Gasteiger partial charge in [-0.05, 0) is 49.6 Å². The van der Waals surface area contributed by atoms with E-state index in [-0.39, 0.29) is 11.3 Å². The minimum Gasteiger partial charge on any atom is -0.505 e. The van der Waals surface area contributed by atoms with Gasteiger partial charge in [0.25, 0.3) is 11.7 Å². The quantitative estimate of drug-likeness (QED) is 0.181. The molecule has 8 heteroatoms. The van der Waals surface area contributed by atoms with E-state index in [1.54, 1.807) is 24.6 Å². The first-order valence-corrected chi connectivity index (χ1v) is 12.4. The summed E-state index contributed by atoms with van der Waals surface area (Å²) in [7, 11) is 1.60. The second-order valence-corrected chi connectivity index (χ2v) is 8.94. The molecule has 4 rings (SSSR count). The SMILES string of the molecule is CCCCCOc1ccc(C2/C(=C(\O)c3c(C)nc4ccccn34)C(=O)C(=O)N2CCCOC)cc1. The molecule has 3 aromatic rings. The van der Waals surface area contributed by atoms with Gasteiger partial charge in [0.05, 0.1) is 23.9 Å². The number of nitrogens with zero attached hydrogens (tertiary/aromatic N) is 3. The van der Waals surface area contributed by atoms with Gasteiger partial charge in [-0.25, -0.2) is 4.98 Å². The molecule has 8 nitrogen and oxygen atoms in total. The molecular weight excluding hydrogens is 458 g/mol. The summed E-state index contributed by atoms with van der Waals surface area (Å²) in [5.74, 6) is -0.850. The molecule has 3 heterocycles. The molecule has 36 heavy (non-hydrogen) atoms. The van der Waals surface area contributed by atoms with E-state index in [0.717, 1.165) is 30.6 Å². The molecule has 1 amide bonds. The topological polar surface area (TPSA) is 93.4 Å². The minimum atomic E-state index is -0.732. The first kappa shape index (κ1) is 25.4. The summed E-state index contributed by atoms with van der Waals surface area (Å²) in [6.07, 6.45) is 5.55. The Bertz CT molecular complexity index is 1260. The van der Waals surface area contributed by atoms with Crippen LogP contribution in [0.3, 0.4) is 0 Å². The standard InChI is InChI=1S/C28H33N3O5/c1-4-5-8-18-36-21-13-11-20(12-14-21)25-23(27(33)28(34)31(25)16-9-17-35-3)26(32)24-19(2)29-22-10-6-7-15-30(22)24/h6-7,10-15,25,32H,4-5,8-9,16-18H2,1-3H3/b26-23+. The zero-order valence-electron chi connectivity index (χ0n) is 21.1. The maximum absolute atomic E-state index is 13.3. The smallest absolute Gasteiger partial charge is 0.295 e. The molecule has 1 aromatic carbocycles. The fourth-order valence-corrected chi connectivity index (χ4v) is 4.65. The maximum atomic E-state index is 13.3. The third-order valence-corrected chi connectivity index (χ3v) is 6.43. The number of aryl methyl sites for hydroxylation is 1. The van der Waals surface area contributed by atoms with Crippen LogP contribution in [0.4, 0.5) is 0 Å². The Morgan fingerprint density at radius 3 is 2.56 bits per heavy atom. The number of ether oxygens (including phenoxy) is 2. The van der Waals surface area contributed by atoms with Crippen LogP contribution >= 0.6 is 0 Å². The molecule has 2 aromatic heterocycles. The molecule has 1 fully saturated rings. The lowest BCUT2D eigenvalue weighted by Gasteiger charge is -2.25. The number of hydrogen-bond donors (Lipinski definition) is 1. The highest BCUT2D eigenvalue weighted by Gasteiger charge is 2.46. The van der Waals surface area contributed by atoms with Crippen LogP contribution in [0.15, 0.2) is 54.2 Å². The summed E-state index contributed by atoms with van der Waals surface area (Å²) in [5.41, 5.74) is 2.40. The number of Topliss-reactive ketones (excluding diaryl/α,β-unsaturated/α-hetero) is 1. The van der Waals surface area contributed by atoms with Crippen molar-refractivity contribution in [3.05, 3.63) is 71.2 Å². The normalized spacial score (nSPS) is 17.3. The van der Waals surface area contributed by atoms with E-state index in [4.69, 9.17) is 9.47 Å². The van der Waals surface area contributed by atoms with Crippen LogP contribution in [-0.2, 0) is 14.3 Å². The van der Waals surface area contributed by atoms with Crippen LogP contribution in [0.2, 0.25) is 0 Å². The molecule has 0 saturated carbocycles. The molecule has 0 aliphatic carbocycles. The highest BCUT2D eigenvalue weighted by molar-refractivity contribution is 6.46.